The summed E-state index contributed by atoms with van der Waals surface area (Å²) in [4.78, 5) is 23.9. The number of Topliss-reactive ketones (excluding diaryl/α,β-unsaturated/α-hetero) is 1. The van der Waals surface area contributed by atoms with Crippen molar-refractivity contribution in [2.75, 3.05) is 19.5 Å². The molecule has 2 aromatic rings. The molecule has 0 N–H and O–H groups in total. The molecule has 0 aromatic heterocycles. The van der Waals surface area contributed by atoms with Crippen LogP contribution in [-0.4, -0.2) is 31.2 Å². The van der Waals surface area contributed by atoms with Crippen LogP contribution in [0.25, 0.3) is 0 Å². The van der Waals surface area contributed by atoms with Crippen LogP contribution in [0.3, 0.4) is 0 Å². The van der Waals surface area contributed by atoms with Gasteiger partial charge >= 0.3 is 5.97 Å². The molecule has 0 aliphatic carbocycles. The van der Waals surface area contributed by atoms with E-state index < -0.39 is 11.8 Å². The van der Waals surface area contributed by atoms with Gasteiger partial charge in [0.2, 0.25) is 0 Å². The van der Waals surface area contributed by atoms with Gasteiger partial charge in [-0.15, -0.1) is 11.8 Å². The smallest absolute Gasteiger partial charge is 0.379 e. The summed E-state index contributed by atoms with van der Waals surface area (Å²) in [7, 11) is 1.18. The lowest BCUT2D eigenvalue weighted by atomic mass is 10.1. The average Bonchev–Trinajstić information content (AvgIpc) is 2.59. The number of benzene rings is 2. The van der Waals surface area contributed by atoms with E-state index in [0.717, 1.165) is 5.75 Å². The fraction of sp³-hybridized carbons (Fsp3) is 0.176. The molecular formula is C17H16O4S. The van der Waals surface area contributed by atoms with E-state index in [2.05, 4.69) is 16.9 Å². The summed E-state index contributed by atoms with van der Waals surface area (Å²) < 4.78 is 10.00. The summed E-state index contributed by atoms with van der Waals surface area (Å²) in [5.74, 6) is -0.0379. The van der Waals surface area contributed by atoms with Gasteiger partial charge < -0.3 is 9.47 Å². The maximum Gasteiger partial charge on any atom is 0.379 e. The minimum Gasteiger partial charge on any atom is -0.493 e. The third-order valence-electron chi connectivity index (χ3n) is 2.85. The number of methoxy groups -OCH3 is 1. The van der Waals surface area contributed by atoms with Gasteiger partial charge in [-0.1, -0.05) is 18.2 Å². The van der Waals surface area contributed by atoms with Gasteiger partial charge in [0.1, 0.15) is 5.75 Å². The van der Waals surface area contributed by atoms with Gasteiger partial charge in [0.25, 0.3) is 5.78 Å². The van der Waals surface area contributed by atoms with Crippen molar-refractivity contribution in [1.82, 2.24) is 0 Å². The molecule has 114 valence electrons. The molecular weight excluding hydrogens is 300 g/mol. The molecule has 0 amide bonds. The van der Waals surface area contributed by atoms with E-state index in [1.54, 1.807) is 36.0 Å². The predicted molar refractivity (Wildman–Crippen MR) is 85.4 cm³/mol. The lowest BCUT2D eigenvalue weighted by Gasteiger charge is -2.06. The second-order valence-electron chi connectivity index (χ2n) is 4.36. The van der Waals surface area contributed by atoms with Crippen LogP contribution >= 0.6 is 11.8 Å². The van der Waals surface area contributed by atoms with Gasteiger partial charge in [-0.3, -0.25) is 4.79 Å². The highest BCUT2D eigenvalue weighted by molar-refractivity contribution is 7.99. The van der Waals surface area contributed by atoms with E-state index in [0.29, 0.717) is 12.4 Å². The Balaban J connectivity index is 1.79. The number of carbonyl (C=O) groups excluding carboxylic acids is 2. The van der Waals surface area contributed by atoms with E-state index in [4.69, 9.17) is 4.74 Å². The van der Waals surface area contributed by atoms with Gasteiger partial charge in [0.15, 0.2) is 0 Å². The van der Waals surface area contributed by atoms with E-state index in [9.17, 15) is 9.59 Å². The molecule has 0 unspecified atom stereocenters. The van der Waals surface area contributed by atoms with E-state index in [1.165, 1.54) is 12.0 Å². The first-order valence-electron chi connectivity index (χ1n) is 6.74. The lowest BCUT2D eigenvalue weighted by molar-refractivity contribution is -0.135. The highest BCUT2D eigenvalue weighted by Crippen LogP contribution is 2.18. The van der Waals surface area contributed by atoms with Crippen LogP contribution in [-0.2, 0) is 9.53 Å². The first kappa shape index (κ1) is 16.1. The summed E-state index contributed by atoms with van der Waals surface area (Å²) in [6.45, 7) is 0.559. The Morgan fingerprint density at radius 2 is 1.68 bits per heavy atom. The number of hydrogen-bond acceptors (Lipinski definition) is 5. The summed E-state index contributed by atoms with van der Waals surface area (Å²) >= 11 is 1.71. The highest BCUT2D eigenvalue weighted by Gasteiger charge is 2.16. The van der Waals surface area contributed by atoms with Gasteiger partial charge in [-0.05, 0) is 36.4 Å². The van der Waals surface area contributed by atoms with Crippen molar-refractivity contribution in [3.05, 3.63) is 60.2 Å². The van der Waals surface area contributed by atoms with Crippen LogP contribution in [0.2, 0.25) is 0 Å². The van der Waals surface area contributed by atoms with Gasteiger partial charge in [0.05, 0.1) is 13.7 Å². The third kappa shape index (κ3) is 4.63. The number of esters is 1. The molecule has 0 heterocycles. The fourth-order valence-corrected chi connectivity index (χ4v) is 2.50. The Kier molecular flexibility index (Phi) is 6.03. The second kappa shape index (κ2) is 8.24. The molecule has 22 heavy (non-hydrogen) atoms. The fourth-order valence-electron chi connectivity index (χ4n) is 1.75. The van der Waals surface area contributed by atoms with Crippen molar-refractivity contribution >= 4 is 23.5 Å². The molecule has 0 saturated carbocycles. The van der Waals surface area contributed by atoms with Crippen LogP contribution in [0.15, 0.2) is 59.5 Å². The van der Waals surface area contributed by atoms with Crippen LogP contribution in [0.4, 0.5) is 0 Å². The first-order valence-corrected chi connectivity index (χ1v) is 7.72. The molecule has 0 fully saturated rings. The second-order valence-corrected chi connectivity index (χ2v) is 5.52. The average molecular weight is 316 g/mol. The van der Waals surface area contributed by atoms with Crippen molar-refractivity contribution in [3.63, 3.8) is 0 Å². The van der Waals surface area contributed by atoms with Crippen molar-refractivity contribution in [1.29, 1.82) is 0 Å². The number of ketones is 1. The van der Waals surface area contributed by atoms with E-state index >= 15 is 0 Å². The molecule has 0 spiro atoms. The topological polar surface area (TPSA) is 52.6 Å². The molecule has 2 aromatic carbocycles. The van der Waals surface area contributed by atoms with Gasteiger partial charge in [-0.25, -0.2) is 4.79 Å². The van der Waals surface area contributed by atoms with Crippen LogP contribution < -0.4 is 4.74 Å². The zero-order valence-corrected chi connectivity index (χ0v) is 13.0. The Morgan fingerprint density at radius 1 is 1.00 bits per heavy atom. The zero-order valence-electron chi connectivity index (χ0n) is 12.2. The van der Waals surface area contributed by atoms with Crippen molar-refractivity contribution in [3.8, 4) is 5.75 Å². The molecule has 0 aliphatic rings. The maximum absolute atomic E-state index is 11.6. The number of thioether (sulfide) groups is 1. The van der Waals surface area contributed by atoms with E-state index in [-0.39, 0.29) is 5.56 Å². The van der Waals surface area contributed by atoms with Crippen LogP contribution in [0.1, 0.15) is 10.4 Å². The maximum atomic E-state index is 11.6. The molecule has 2 rings (SSSR count). The lowest BCUT2D eigenvalue weighted by Crippen LogP contribution is -2.15. The normalized spacial score (nSPS) is 10.0. The Labute approximate surface area is 133 Å². The summed E-state index contributed by atoms with van der Waals surface area (Å²) in [5, 5.41) is 0. The number of rotatable bonds is 7. The molecule has 4 nitrogen and oxygen atoms in total. The highest BCUT2D eigenvalue weighted by atomic mass is 32.2. The van der Waals surface area contributed by atoms with Crippen LogP contribution in [0, 0.1) is 0 Å². The largest absolute Gasteiger partial charge is 0.493 e. The van der Waals surface area contributed by atoms with Gasteiger partial charge in [0, 0.05) is 16.2 Å². The summed E-state index contributed by atoms with van der Waals surface area (Å²) in [6.07, 6.45) is 0. The minimum absolute atomic E-state index is 0.290. The van der Waals surface area contributed by atoms with Crippen molar-refractivity contribution in [2.45, 2.75) is 4.90 Å². The number of ether oxygens (including phenoxy) is 2. The zero-order chi connectivity index (χ0) is 15.8. The third-order valence-corrected chi connectivity index (χ3v) is 3.83. The van der Waals surface area contributed by atoms with Crippen molar-refractivity contribution < 1.29 is 19.1 Å². The Bertz CT molecular complexity index is 623. The predicted octanol–water partition coefficient (Wildman–Crippen LogP) is 3.21. The van der Waals surface area contributed by atoms with E-state index in [1.807, 2.05) is 18.2 Å². The molecule has 0 radical (unpaired) electrons. The number of carbonyl (C=O) groups is 2. The Morgan fingerprint density at radius 3 is 2.32 bits per heavy atom. The summed E-state index contributed by atoms with van der Waals surface area (Å²) in [6, 6.07) is 16.5. The molecule has 0 atom stereocenters. The quantitative estimate of drug-likeness (QED) is 0.258. The molecule has 0 bridgehead atoms. The standard InChI is InChI=1S/C17H16O4S/c1-20-17(19)16(18)13-7-9-14(10-8-13)21-11-12-22-15-5-3-2-4-6-15/h2-10H,11-12H2,1H3. The minimum atomic E-state index is -0.868. The molecule has 0 saturated heterocycles. The van der Waals surface area contributed by atoms with Crippen molar-refractivity contribution in [2.24, 2.45) is 0 Å². The molecule has 5 heteroatoms. The first-order chi connectivity index (χ1) is 10.7. The van der Waals surface area contributed by atoms with Gasteiger partial charge in [-0.2, -0.15) is 0 Å². The number of hydrogen-bond donors (Lipinski definition) is 0. The van der Waals surface area contributed by atoms with Crippen LogP contribution in [0.5, 0.6) is 5.75 Å². The monoisotopic (exact) mass is 316 g/mol. The molecule has 0 aliphatic heterocycles. The summed E-state index contributed by atoms with van der Waals surface area (Å²) in [5.41, 5.74) is 0.290. The Hall–Kier alpha value is -2.27. The SMILES string of the molecule is COC(=O)C(=O)c1ccc(OCCSc2ccccc2)cc1.